The fraction of sp³-hybridized carbons (Fsp3) is 0.350. The maximum atomic E-state index is 13.3. The number of thioether (sulfide) groups is 1. The number of amides is 1. The second kappa shape index (κ2) is 8.85. The maximum absolute atomic E-state index is 13.3. The van der Waals surface area contributed by atoms with Gasteiger partial charge in [-0.3, -0.25) is 4.79 Å². The number of hydrogen-bond acceptors (Lipinski definition) is 4. The van der Waals surface area contributed by atoms with Gasteiger partial charge in [-0.25, -0.2) is 4.39 Å². The third kappa shape index (κ3) is 4.50. The lowest BCUT2D eigenvalue weighted by Crippen LogP contribution is -2.32. The van der Waals surface area contributed by atoms with Gasteiger partial charge in [-0.05, 0) is 49.2 Å². The molecule has 1 aliphatic rings. The van der Waals surface area contributed by atoms with Gasteiger partial charge < -0.3 is 14.4 Å². The summed E-state index contributed by atoms with van der Waals surface area (Å²) in [4.78, 5) is 15.5. The number of carbonyl (C=O) groups is 1. The molecular formula is C20H21ClFNO3S. The average Bonchev–Trinajstić information content (AvgIpc) is 3.17. The highest BCUT2D eigenvalue weighted by Gasteiger charge is 2.32. The number of benzene rings is 2. The molecule has 0 unspecified atom stereocenters. The first-order valence-electron chi connectivity index (χ1n) is 8.62. The first-order chi connectivity index (χ1) is 13.0. The lowest BCUT2D eigenvalue weighted by atomic mass is 10.0. The summed E-state index contributed by atoms with van der Waals surface area (Å²) in [5.41, 5.74) is 0.956. The molecule has 1 atom stereocenters. The summed E-state index contributed by atoms with van der Waals surface area (Å²) < 4.78 is 24.1. The third-order valence-electron chi connectivity index (χ3n) is 4.62. The molecule has 3 rings (SSSR count). The molecule has 0 aromatic heterocycles. The summed E-state index contributed by atoms with van der Waals surface area (Å²) >= 11 is 7.17. The lowest BCUT2D eigenvalue weighted by molar-refractivity contribution is -0.129. The van der Waals surface area contributed by atoms with Crippen molar-refractivity contribution in [2.45, 2.75) is 23.8 Å². The molecule has 1 amide bonds. The van der Waals surface area contributed by atoms with Crippen molar-refractivity contribution in [3.05, 3.63) is 52.8 Å². The minimum atomic E-state index is -0.461. The van der Waals surface area contributed by atoms with E-state index in [1.54, 1.807) is 26.4 Å². The molecule has 0 radical (unpaired) electrons. The van der Waals surface area contributed by atoms with Crippen LogP contribution >= 0.6 is 23.4 Å². The Morgan fingerprint density at radius 1 is 1.26 bits per heavy atom. The summed E-state index contributed by atoms with van der Waals surface area (Å²) in [6.45, 7) is 0.703. The Morgan fingerprint density at radius 2 is 2.07 bits per heavy atom. The van der Waals surface area contributed by atoms with E-state index in [-0.39, 0.29) is 22.7 Å². The summed E-state index contributed by atoms with van der Waals surface area (Å²) in [5.74, 6) is 1.33. The van der Waals surface area contributed by atoms with Crippen LogP contribution in [0.1, 0.15) is 24.4 Å². The average molecular weight is 410 g/mol. The van der Waals surface area contributed by atoms with Crippen molar-refractivity contribution in [2.24, 2.45) is 0 Å². The quantitative estimate of drug-likeness (QED) is 0.632. The van der Waals surface area contributed by atoms with Crippen molar-refractivity contribution in [2.75, 3.05) is 26.5 Å². The van der Waals surface area contributed by atoms with Crippen LogP contribution in [0, 0.1) is 5.82 Å². The fourth-order valence-corrected chi connectivity index (χ4v) is 4.35. The Hall–Kier alpha value is -1.92. The Balaban J connectivity index is 1.74. The van der Waals surface area contributed by atoms with Gasteiger partial charge in [0, 0.05) is 17.0 Å². The lowest BCUT2D eigenvalue weighted by Gasteiger charge is -2.26. The molecule has 7 heteroatoms. The van der Waals surface area contributed by atoms with Crippen molar-refractivity contribution in [3.63, 3.8) is 0 Å². The molecule has 1 fully saturated rings. The molecule has 0 bridgehead atoms. The van der Waals surface area contributed by atoms with Gasteiger partial charge in [0.15, 0.2) is 0 Å². The Morgan fingerprint density at radius 3 is 2.78 bits per heavy atom. The molecule has 1 heterocycles. The monoisotopic (exact) mass is 409 g/mol. The van der Waals surface area contributed by atoms with Crippen LogP contribution in [0.3, 0.4) is 0 Å². The zero-order valence-electron chi connectivity index (χ0n) is 15.2. The van der Waals surface area contributed by atoms with E-state index < -0.39 is 5.82 Å². The standard InChI is InChI=1S/C20H21ClFNO3S/c1-25-13-5-8-19(26-2)15(10-13)18-4-3-9-23(18)20(24)12-27-14-6-7-17(22)16(21)11-14/h5-8,10-11,18H,3-4,9,12H2,1-2H3/t18-/m0/s1. The van der Waals surface area contributed by atoms with Crippen molar-refractivity contribution < 1.29 is 18.7 Å². The molecule has 27 heavy (non-hydrogen) atoms. The van der Waals surface area contributed by atoms with Crippen molar-refractivity contribution in [3.8, 4) is 11.5 Å². The topological polar surface area (TPSA) is 38.8 Å². The summed E-state index contributed by atoms with van der Waals surface area (Å²) in [5, 5.41) is 0.0626. The number of halogens is 2. The van der Waals surface area contributed by atoms with E-state index in [1.807, 2.05) is 23.1 Å². The Labute approximate surface area is 167 Å². The van der Waals surface area contributed by atoms with Crippen molar-refractivity contribution >= 4 is 29.3 Å². The van der Waals surface area contributed by atoms with Crippen molar-refractivity contribution in [1.82, 2.24) is 4.90 Å². The Bertz CT molecular complexity index is 833. The van der Waals surface area contributed by atoms with Gasteiger partial charge in [-0.15, -0.1) is 11.8 Å². The molecule has 0 N–H and O–H groups in total. The van der Waals surface area contributed by atoms with Gasteiger partial charge in [-0.2, -0.15) is 0 Å². The van der Waals surface area contributed by atoms with Crippen LogP contribution in [0.4, 0.5) is 4.39 Å². The van der Waals surface area contributed by atoms with Crippen LogP contribution in [0.25, 0.3) is 0 Å². The van der Waals surface area contributed by atoms with Gasteiger partial charge in [-0.1, -0.05) is 11.6 Å². The predicted octanol–water partition coefficient (Wildman–Crippen LogP) is 4.95. The van der Waals surface area contributed by atoms with E-state index in [4.69, 9.17) is 21.1 Å². The highest BCUT2D eigenvalue weighted by molar-refractivity contribution is 8.00. The summed E-state index contributed by atoms with van der Waals surface area (Å²) in [6.07, 6.45) is 1.81. The normalized spacial score (nSPS) is 16.4. The van der Waals surface area contributed by atoms with Gasteiger partial charge >= 0.3 is 0 Å². The van der Waals surface area contributed by atoms with Gasteiger partial charge in [0.2, 0.25) is 5.91 Å². The number of ether oxygens (including phenoxy) is 2. The smallest absolute Gasteiger partial charge is 0.233 e. The Kier molecular flexibility index (Phi) is 6.50. The van der Waals surface area contributed by atoms with Crippen LogP contribution in [-0.2, 0) is 4.79 Å². The van der Waals surface area contributed by atoms with Crippen LogP contribution < -0.4 is 9.47 Å². The van der Waals surface area contributed by atoms with E-state index >= 15 is 0 Å². The number of hydrogen-bond donors (Lipinski definition) is 0. The van der Waals surface area contributed by atoms with Crippen LogP contribution in [0.5, 0.6) is 11.5 Å². The SMILES string of the molecule is COc1ccc(OC)c([C@@H]2CCCN2C(=O)CSc2ccc(F)c(Cl)c2)c1. The van der Waals surface area contributed by atoms with E-state index in [0.717, 1.165) is 34.8 Å². The number of likely N-dealkylation sites (tertiary alicyclic amines) is 1. The predicted molar refractivity (Wildman–Crippen MR) is 105 cm³/mol. The molecule has 1 saturated heterocycles. The van der Waals surface area contributed by atoms with E-state index in [1.165, 1.54) is 17.8 Å². The van der Waals surface area contributed by atoms with Crippen LogP contribution in [0.15, 0.2) is 41.3 Å². The zero-order chi connectivity index (χ0) is 19.4. The fourth-order valence-electron chi connectivity index (χ4n) is 3.28. The van der Waals surface area contributed by atoms with E-state index in [9.17, 15) is 9.18 Å². The molecule has 1 aliphatic heterocycles. The molecule has 4 nitrogen and oxygen atoms in total. The first-order valence-corrected chi connectivity index (χ1v) is 9.99. The minimum Gasteiger partial charge on any atom is -0.497 e. The van der Waals surface area contributed by atoms with Gasteiger partial charge in [0.05, 0.1) is 31.0 Å². The first kappa shape index (κ1) is 19.8. The second-order valence-corrected chi connectivity index (χ2v) is 7.67. The number of nitrogens with zero attached hydrogens (tertiary/aromatic N) is 1. The van der Waals surface area contributed by atoms with E-state index in [2.05, 4.69) is 0 Å². The molecule has 0 aliphatic carbocycles. The molecule has 0 spiro atoms. The van der Waals surface area contributed by atoms with Crippen LogP contribution in [-0.4, -0.2) is 37.3 Å². The minimum absolute atomic E-state index is 0.0350. The molecule has 144 valence electrons. The van der Waals surface area contributed by atoms with E-state index in [0.29, 0.717) is 6.54 Å². The molecular weight excluding hydrogens is 389 g/mol. The number of carbonyl (C=O) groups excluding carboxylic acids is 1. The molecule has 2 aromatic rings. The molecule has 0 saturated carbocycles. The van der Waals surface area contributed by atoms with Gasteiger partial charge in [0.25, 0.3) is 0 Å². The second-order valence-electron chi connectivity index (χ2n) is 6.22. The number of methoxy groups -OCH3 is 2. The van der Waals surface area contributed by atoms with Crippen molar-refractivity contribution in [1.29, 1.82) is 0 Å². The summed E-state index contributed by atoms with van der Waals surface area (Å²) in [6, 6.07) is 10.1. The molecule has 2 aromatic carbocycles. The zero-order valence-corrected chi connectivity index (χ0v) is 16.8. The van der Waals surface area contributed by atoms with Crippen LogP contribution in [0.2, 0.25) is 5.02 Å². The number of rotatable bonds is 6. The highest BCUT2D eigenvalue weighted by Crippen LogP contribution is 2.39. The highest BCUT2D eigenvalue weighted by atomic mass is 35.5. The van der Waals surface area contributed by atoms with Gasteiger partial charge in [0.1, 0.15) is 17.3 Å². The third-order valence-corrected chi connectivity index (χ3v) is 5.89. The maximum Gasteiger partial charge on any atom is 0.233 e. The largest absolute Gasteiger partial charge is 0.497 e. The summed E-state index contributed by atoms with van der Waals surface area (Å²) in [7, 11) is 3.24.